The molecule has 0 aliphatic carbocycles. The molecule has 4 nitrogen and oxygen atoms in total. The monoisotopic (exact) mass is 326 g/mol. The van der Waals surface area contributed by atoms with E-state index in [4.69, 9.17) is 10.5 Å². The van der Waals surface area contributed by atoms with Gasteiger partial charge in [-0.1, -0.05) is 48.0 Å². The van der Waals surface area contributed by atoms with E-state index in [1.54, 1.807) is 0 Å². The van der Waals surface area contributed by atoms with Gasteiger partial charge in [0.25, 0.3) is 0 Å². The Morgan fingerprint density at radius 3 is 2.25 bits per heavy atom. The van der Waals surface area contributed by atoms with Crippen LogP contribution in [0, 0.1) is 20.8 Å². The molecular formula is C20H26N2O2. The van der Waals surface area contributed by atoms with Gasteiger partial charge in [0.15, 0.2) is 0 Å². The van der Waals surface area contributed by atoms with Gasteiger partial charge in [0.2, 0.25) is 5.91 Å². The maximum atomic E-state index is 12.3. The number of benzene rings is 2. The van der Waals surface area contributed by atoms with Crippen molar-refractivity contribution >= 4 is 5.91 Å². The molecule has 0 aliphatic heterocycles. The first-order valence-electron chi connectivity index (χ1n) is 8.20. The number of rotatable bonds is 6. The summed E-state index contributed by atoms with van der Waals surface area (Å²) in [5.74, 6) is 0.679. The Hall–Kier alpha value is -2.33. The highest BCUT2D eigenvalue weighted by Gasteiger charge is 2.18. The zero-order valence-corrected chi connectivity index (χ0v) is 14.8. The topological polar surface area (TPSA) is 64.4 Å². The SMILES string of the molecule is Cc1ccc(C(N)C(=O)NC(C)COc2c(C)cccc2C)cc1. The van der Waals surface area contributed by atoms with Crippen molar-refractivity contribution in [3.05, 3.63) is 64.7 Å². The summed E-state index contributed by atoms with van der Waals surface area (Å²) < 4.78 is 5.88. The zero-order valence-electron chi connectivity index (χ0n) is 14.8. The summed E-state index contributed by atoms with van der Waals surface area (Å²) in [4.78, 5) is 12.3. The van der Waals surface area contributed by atoms with Crippen LogP contribution in [0.1, 0.15) is 35.2 Å². The number of hydrogen-bond donors (Lipinski definition) is 2. The number of nitrogens with two attached hydrogens (primary N) is 1. The van der Waals surface area contributed by atoms with Crippen molar-refractivity contribution in [3.63, 3.8) is 0 Å². The van der Waals surface area contributed by atoms with Gasteiger partial charge >= 0.3 is 0 Å². The number of para-hydroxylation sites is 1. The van der Waals surface area contributed by atoms with Gasteiger partial charge in [0.05, 0.1) is 6.04 Å². The van der Waals surface area contributed by atoms with E-state index >= 15 is 0 Å². The molecule has 0 saturated heterocycles. The van der Waals surface area contributed by atoms with Crippen LogP contribution in [0.4, 0.5) is 0 Å². The van der Waals surface area contributed by atoms with Crippen molar-refractivity contribution in [1.82, 2.24) is 5.32 Å². The third-order valence-electron chi connectivity index (χ3n) is 3.99. The minimum Gasteiger partial charge on any atom is -0.491 e. The van der Waals surface area contributed by atoms with Crippen molar-refractivity contribution < 1.29 is 9.53 Å². The molecule has 2 aromatic rings. The van der Waals surface area contributed by atoms with Crippen LogP contribution in [0.15, 0.2) is 42.5 Å². The fourth-order valence-corrected chi connectivity index (χ4v) is 2.53. The number of ether oxygens (including phenoxy) is 1. The van der Waals surface area contributed by atoms with Gasteiger partial charge in [-0.3, -0.25) is 4.79 Å². The molecule has 4 heteroatoms. The molecule has 0 radical (unpaired) electrons. The van der Waals surface area contributed by atoms with Gasteiger partial charge in [0.1, 0.15) is 18.4 Å². The molecule has 0 bridgehead atoms. The summed E-state index contributed by atoms with van der Waals surface area (Å²) in [6, 6.07) is 12.9. The standard InChI is InChI=1S/C20H26N2O2/c1-13-8-10-17(11-9-13)18(21)20(23)22-16(4)12-24-19-14(2)6-5-7-15(19)3/h5-11,16,18H,12,21H2,1-4H3,(H,22,23). The maximum Gasteiger partial charge on any atom is 0.241 e. The van der Waals surface area contributed by atoms with E-state index < -0.39 is 6.04 Å². The van der Waals surface area contributed by atoms with E-state index in [1.165, 1.54) is 0 Å². The molecule has 0 fully saturated rings. The van der Waals surface area contributed by atoms with Gasteiger partial charge in [-0.25, -0.2) is 0 Å². The second kappa shape index (κ2) is 7.97. The average Bonchev–Trinajstić information content (AvgIpc) is 2.54. The summed E-state index contributed by atoms with van der Waals surface area (Å²) in [6.07, 6.45) is 0. The largest absolute Gasteiger partial charge is 0.491 e. The second-order valence-electron chi connectivity index (χ2n) is 6.33. The summed E-state index contributed by atoms with van der Waals surface area (Å²) >= 11 is 0. The minimum absolute atomic E-state index is 0.131. The molecular weight excluding hydrogens is 300 g/mol. The molecule has 0 spiro atoms. The predicted octanol–water partition coefficient (Wildman–Crippen LogP) is 3.20. The number of carbonyl (C=O) groups excluding carboxylic acids is 1. The number of amides is 1. The Balaban J connectivity index is 1.90. The van der Waals surface area contributed by atoms with Crippen LogP contribution in [0.5, 0.6) is 5.75 Å². The van der Waals surface area contributed by atoms with E-state index in [0.717, 1.165) is 28.0 Å². The highest BCUT2D eigenvalue weighted by molar-refractivity contribution is 5.83. The van der Waals surface area contributed by atoms with Crippen molar-refractivity contribution in [2.75, 3.05) is 6.61 Å². The third kappa shape index (κ3) is 4.59. The lowest BCUT2D eigenvalue weighted by molar-refractivity contribution is -0.123. The Morgan fingerprint density at radius 2 is 1.67 bits per heavy atom. The first-order valence-corrected chi connectivity index (χ1v) is 8.20. The Kier molecular flexibility index (Phi) is 5.99. The molecule has 1 amide bonds. The van der Waals surface area contributed by atoms with Crippen molar-refractivity contribution in [3.8, 4) is 5.75 Å². The summed E-state index contributed by atoms with van der Waals surface area (Å²) in [5, 5.41) is 2.91. The molecule has 2 aromatic carbocycles. The number of aryl methyl sites for hydroxylation is 3. The molecule has 0 saturated carbocycles. The summed E-state index contributed by atoms with van der Waals surface area (Å²) in [5.41, 5.74) is 10.2. The predicted molar refractivity (Wildman–Crippen MR) is 97.1 cm³/mol. The van der Waals surface area contributed by atoms with E-state index in [0.29, 0.717) is 6.61 Å². The molecule has 2 rings (SSSR count). The highest BCUT2D eigenvalue weighted by Crippen LogP contribution is 2.22. The van der Waals surface area contributed by atoms with E-state index in [-0.39, 0.29) is 11.9 Å². The van der Waals surface area contributed by atoms with Gasteiger partial charge in [-0.05, 0) is 44.4 Å². The fourth-order valence-electron chi connectivity index (χ4n) is 2.53. The molecule has 2 unspecified atom stereocenters. The van der Waals surface area contributed by atoms with Crippen LogP contribution in [0.25, 0.3) is 0 Å². The van der Waals surface area contributed by atoms with E-state index in [2.05, 4.69) is 5.32 Å². The van der Waals surface area contributed by atoms with Gasteiger partial charge < -0.3 is 15.8 Å². The van der Waals surface area contributed by atoms with Gasteiger partial charge in [0, 0.05) is 0 Å². The average molecular weight is 326 g/mol. The first kappa shape index (κ1) is 18.0. The van der Waals surface area contributed by atoms with Crippen LogP contribution in [-0.4, -0.2) is 18.6 Å². The number of carbonyl (C=O) groups is 1. The molecule has 0 aromatic heterocycles. The lowest BCUT2D eigenvalue weighted by Gasteiger charge is -2.19. The van der Waals surface area contributed by atoms with Gasteiger partial charge in [-0.2, -0.15) is 0 Å². The quantitative estimate of drug-likeness (QED) is 0.857. The lowest BCUT2D eigenvalue weighted by atomic mass is 10.1. The Morgan fingerprint density at radius 1 is 1.08 bits per heavy atom. The molecule has 128 valence electrons. The Labute approximate surface area is 144 Å². The van der Waals surface area contributed by atoms with E-state index in [9.17, 15) is 4.79 Å². The van der Waals surface area contributed by atoms with Crippen LogP contribution in [-0.2, 0) is 4.79 Å². The first-order chi connectivity index (χ1) is 11.4. The second-order valence-corrected chi connectivity index (χ2v) is 6.33. The fraction of sp³-hybridized carbons (Fsp3) is 0.350. The number of nitrogens with one attached hydrogen (secondary N) is 1. The van der Waals surface area contributed by atoms with E-state index in [1.807, 2.05) is 70.2 Å². The summed E-state index contributed by atoms with van der Waals surface area (Å²) in [6.45, 7) is 8.34. The lowest BCUT2D eigenvalue weighted by Crippen LogP contribution is -2.42. The van der Waals surface area contributed by atoms with Crippen LogP contribution in [0.3, 0.4) is 0 Å². The molecule has 3 N–H and O–H groups in total. The Bertz CT molecular complexity index is 675. The molecule has 24 heavy (non-hydrogen) atoms. The van der Waals surface area contributed by atoms with Crippen LogP contribution < -0.4 is 15.8 Å². The van der Waals surface area contributed by atoms with Crippen molar-refractivity contribution in [2.24, 2.45) is 5.73 Å². The minimum atomic E-state index is -0.673. The zero-order chi connectivity index (χ0) is 17.7. The molecule has 2 atom stereocenters. The van der Waals surface area contributed by atoms with Crippen molar-refractivity contribution in [1.29, 1.82) is 0 Å². The number of hydrogen-bond acceptors (Lipinski definition) is 3. The molecule has 0 aliphatic rings. The smallest absolute Gasteiger partial charge is 0.241 e. The normalized spacial score (nSPS) is 13.2. The highest BCUT2D eigenvalue weighted by atomic mass is 16.5. The maximum absolute atomic E-state index is 12.3. The van der Waals surface area contributed by atoms with Gasteiger partial charge in [-0.15, -0.1) is 0 Å². The summed E-state index contributed by atoms with van der Waals surface area (Å²) in [7, 11) is 0. The molecule has 0 heterocycles. The van der Waals surface area contributed by atoms with Crippen molar-refractivity contribution in [2.45, 2.75) is 39.8 Å². The third-order valence-corrected chi connectivity index (χ3v) is 3.99. The van der Waals surface area contributed by atoms with Crippen LogP contribution in [0.2, 0.25) is 0 Å². The van der Waals surface area contributed by atoms with Crippen LogP contribution >= 0.6 is 0 Å².